The normalized spacial score (nSPS) is 15.5. The van der Waals surface area contributed by atoms with Crippen molar-refractivity contribution >= 4 is 11.6 Å². The second-order valence-electron chi connectivity index (χ2n) is 15.4. The number of likely N-dealkylation sites (tertiary alicyclic amines) is 2. The van der Waals surface area contributed by atoms with E-state index in [4.69, 9.17) is 28.4 Å². The maximum Gasteiger partial charge on any atom is 0.194 e. The highest BCUT2D eigenvalue weighted by Gasteiger charge is 2.35. The van der Waals surface area contributed by atoms with Gasteiger partial charge in [0.2, 0.25) is 0 Å². The first-order valence-electron chi connectivity index (χ1n) is 21.9. The van der Waals surface area contributed by atoms with E-state index in [-0.39, 0.29) is 11.6 Å². The van der Waals surface area contributed by atoms with E-state index in [0.717, 1.165) is 85.9 Å². The van der Waals surface area contributed by atoms with Crippen molar-refractivity contribution in [2.45, 2.75) is 72.6 Å². The molecule has 59 heavy (non-hydrogen) atoms. The van der Waals surface area contributed by atoms with Crippen molar-refractivity contribution in [3.63, 3.8) is 0 Å². The summed E-state index contributed by atoms with van der Waals surface area (Å²) in [6, 6.07) is 18.9. The Kier molecular flexibility index (Phi) is 14.5. The first-order valence-corrected chi connectivity index (χ1v) is 21.9. The van der Waals surface area contributed by atoms with Crippen LogP contribution in [-0.2, 0) is 0 Å². The minimum atomic E-state index is 0.00268. The number of hydrogen-bond acceptors (Lipinski definition) is 10. The molecule has 2 heterocycles. The molecule has 2 aliphatic heterocycles. The Labute approximate surface area is 349 Å². The van der Waals surface area contributed by atoms with E-state index in [0.29, 0.717) is 84.9 Å². The number of ketones is 2. The molecule has 10 nitrogen and oxygen atoms in total. The molecule has 0 spiro atoms. The Balaban J connectivity index is 0.000000179. The Morgan fingerprint density at radius 1 is 0.441 bits per heavy atom. The van der Waals surface area contributed by atoms with Gasteiger partial charge in [0.25, 0.3) is 0 Å². The van der Waals surface area contributed by atoms with Crippen molar-refractivity contribution in [1.29, 1.82) is 0 Å². The van der Waals surface area contributed by atoms with Gasteiger partial charge >= 0.3 is 0 Å². The zero-order valence-corrected chi connectivity index (χ0v) is 35.4. The van der Waals surface area contributed by atoms with Crippen LogP contribution in [0, 0.1) is 0 Å². The number of hydrogen-bond donors (Lipinski definition) is 0. The summed E-state index contributed by atoms with van der Waals surface area (Å²) in [5, 5.41) is 0. The Bertz CT molecular complexity index is 2080. The van der Waals surface area contributed by atoms with Crippen LogP contribution in [0.4, 0.5) is 0 Å². The number of ether oxygens (including phenoxy) is 6. The van der Waals surface area contributed by atoms with E-state index >= 15 is 0 Å². The molecular formula is C49H60N2O8. The van der Waals surface area contributed by atoms with E-state index in [1.807, 2.05) is 74.5 Å². The monoisotopic (exact) mass is 804 g/mol. The number of fused-ring (bicyclic) bond motifs is 6. The van der Waals surface area contributed by atoms with Crippen molar-refractivity contribution in [3.8, 4) is 56.8 Å². The predicted octanol–water partition coefficient (Wildman–Crippen LogP) is 9.51. The average Bonchev–Trinajstić information content (AvgIpc) is 3.96. The smallest absolute Gasteiger partial charge is 0.194 e. The molecule has 0 saturated carbocycles. The van der Waals surface area contributed by atoms with Crippen LogP contribution in [0.1, 0.15) is 104 Å². The molecule has 314 valence electrons. The lowest BCUT2D eigenvalue weighted by molar-refractivity contribution is 0.103. The molecule has 2 saturated heterocycles. The van der Waals surface area contributed by atoms with E-state index in [1.165, 1.54) is 32.1 Å². The highest BCUT2D eigenvalue weighted by Crippen LogP contribution is 2.50. The fraction of sp³-hybridized carbons (Fsp3) is 0.469. The number of piperidine rings is 1. The third-order valence-corrected chi connectivity index (χ3v) is 11.2. The predicted molar refractivity (Wildman–Crippen MR) is 231 cm³/mol. The number of nitrogens with zero attached hydrogens (tertiary/aromatic N) is 2. The van der Waals surface area contributed by atoms with Crippen molar-refractivity contribution in [3.05, 3.63) is 82.9 Å². The molecule has 4 aromatic carbocycles. The van der Waals surface area contributed by atoms with Crippen LogP contribution in [0.5, 0.6) is 34.5 Å². The maximum absolute atomic E-state index is 13.2. The molecule has 0 radical (unpaired) electrons. The molecule has 0 unspecified atom stereocenters. The molecule has 2 fully saturated rings. The van der Waals surface area contributed by atoms with E-state index < -0.39 is 0 Å². The van der Waals surface area contributed by atoms with Gasteiger partial charge in [0.1, 0.15) is 47.7 Å². The van der Waals surface area contributed by atoms with Crippen LogP contribution in [0.2, 0.25) is 0 Å². The van der Waals surface area contributed by atoms with Gasteiger partial charge in [0.05, 0.1) is 26.4 Å². The Morgan fingerprint density at radius 3 is 1.25 bits per heavy atom. The first kappa shape index (κ1) is 42.1. The van der Waals surface area contributed by atoms with Crippen molar-refractivity contribution in [1.82, 2.24) is 9.80 Å². The number of carbonyl (C=O) groups is 2. The van der Waals surface area contributed by atoms with Crippen LogP contribution < -0.4 is 28.4 Å². The molecule has 0 amide bonds. The fourth-order valence-corrected chi connectivity index (χ4v) is 8.45. The SMILES string of the molecule is CCCOc1cc(OCC)c2c(c1)C(=O)c1cccc(OCCN3CCCC3)c1-2.CCCOc1cc(OCC)c2c(c1)C(=O)c1cccc(OCCN3CCCCC3)c1-2. The molecule has 8 rings (SSSR count). The Morgan fingerprint density at radius 2 is 0.847 bits per heavy atom. The van der Waals surface area contributed by atoms with Gasteiger partial charge in [-0.2, -0.15) is 0 Å². The highest BCUT2D eigenvalue weighted by molar-refractivity contribution is 6.24. The lowest BCUT2D eigenvalue weighted by atomic mass is 10.0. The third kappa shape index (κ3) is 9.55. The van der Waals surface area contributed by atoms with Crippen LogP contribution in [0.3, 0.4) is 0 Å². The number of benzene rings is 4. The van der Waals surface area contributed by atoms with Gasteiger partial charge in [0, 0.05) is 69.7 Å². The van der Waals surface area contributed by atoms with Crippen LogP contribution in [0.25, 0.3) is 22.3 Å². The summed E-state index contributed by atoms with van der Waals surface area (Å²) in [7, 11) is 0. The third-order valence-electron chi connectivity index (χ3n) is 11.2. The van der Waals surface area contributed by atoms with Gasteiger partial charge in [-0.3, -0.25) is 19.4 Å². The van der Waals surface area contributed by atoms with Crippen LogP contribution >= 0.6 is 0 Å². The second kappa shape index (κ2) is 20.3. The lowest BCUT2D eigenvalue weighted by Gasteiger charge is -2.26. The van der Waals surface area contributed by atoms with Gasteiger partial charge in [-0.05, 0) is 103 Å². The summed E-state index contributed by atoms with van der Waals surface area (Å²) in [6.07, 6.45) is 8.21. The topological polar surface area (TPSA) is 96.0 Å². The largest absolute Gasteiger partial charge is 0.493 e. The van der Waals surface area contributed by atoms with Gasteiger partial charge in [0.15, 0.2) is 11.6 Å². The second-order valence-corrected chi connectivity index (χ2v) is 15.4. The summed E-state index contributed by atoms with van der Waals surface area (Å²) >= 11 is 0. The molecule has 4 aromatic rings. The maximum atomic E-state index is 13.2. The molecule has 0 aromatic heterocycles. The summed E-state index contributed by atoms with van der Waals surface area (Å²) in [5.41, 5.74) is 5.96. The van der Waals surface area contributed by atoms with Crippen molar-refractivity contribution < 1.29 is 38.0 Å². The van der Waals surface area contributed by atoms with Crippen molar-refractivity contribution in [2.75, 3.05) is 78.9 Å². The summed E-state index contributed by atoms with van der Waals surface area (Å²) in [4.78, 5) is 31.2. The minimum absolute atomic E-state index is 0.00268. The standard InChI is InChI=1S/C25H31NO4.C24H29NO4/c1-3-14-29-18-16-20-24(22(17-18)28-4-2)23-19(25(20)27)9-8-10-21(23)30-15-13-26-11-6-5-7-12-26;1-3-13-28-17-15-19-23(21(16-17)27-4-2)22-18(24(19)26)8-7-9-20(22)29-14-12-25-10-5-6-11-25/h8-10,16-17H,3-7,11-15H2,1-2H3;7-9,15-16H,3-6,10-14H2,1-2H3. The highest BCUT2D eigenvalue weighted by atomic mass is 16.5. The van der Waals surface area contributed by atoms with E-state index in [2.05, 4.69) is 23.6 Å². The molecular weight excluding hydrogens is 745 g/mol. The summed E-state index contributed by atoms with van der Waals surface area (Å²) in [6.45, 7) is 17.9. The number of carbonyl (C=O) groups excluding carboxylic acids is 2. The molecule has 0 N–H and O–H groups in total. The Hall–Kier alpha value is -5.06. The van der Waals surface area contributed by atoms with Gasteiger partial charge in [-0.15, -0.1) is 0 Å². The zero-order chi connectivity index (χ0) is 41.1. The van der Waals surface area contributed by atoms with Gasteiger partial charge in [-0.25, -0.2) is 0 Å². The van der Waals surface area contributed by atoms with E-state index in [1.54, 1.807) is 0 Å². The summed E-state index contributed by atoms with van der Waals surface area (Å²) in [5.74, 6) is 4.21. The van der Waals surface area contributed by atoms with Crippen LogP contribution in [-0.4, -0.2) is 100 Å². The molecule has 10 heteroatoms. The van der Waals surface area contributed by atoms with Gasteiger partial charge in [-0.1, -0.05) is 44.5 Å². The van der Waals surface area contributed by atoms with Gasteiger partial charge < -0.3 is 28.4 Å². The zero-order valence-electron chi connectivity index (χ0n) is 35.4. The fourth-order valence-electron chi connectivity index (χ4n) is 8.45. The lowest BCUT2D eigenvalue weighted by Crippen LogP contribution is -2.33. The molecule has 4 aliphatic rings. The molecule has 0 bridgehead atoms. The molecule has 0 atom stereocenters. The average molecular weight is 805 g/mol. The van der Waals surface area contributed by atoms with Crippen LogP contribution in [0.15, 0.2) is 60.7 Å². The number of rotatable bonds is 18. The summed E-state index contributed by atoms with van der Waals surface area (Å²) < 4.78 is 35.8. The van der Waals surface area contributed by atoms with Crippen molar-refractivity contribution in [2.24, 2.45) is 0 Å². The minimum Gasteiger partial charge on any atom is -0.493 e. The first-order chi connectivity index (χ1) is 28.9. The van der Waals surface area contributed by atoms with E-state index in [9.17, 15) is 9.59 Å². The quantitative estimate of drug-likeness (QED) is 0.0836. The molecule has 2 aliphatic carbocycles.